The number of rotatable bonds is 7. The van der Waals surface area contributed by atoms with E-state index >= 15 is 0 Å². The standard InChI is InChI=1S/C22H28FNO3/c1-26-20-12-18(13-21(14-20)27-2)22-11-17(15-25)8-10-24(22)9-7-16-3-5-19(23)6-4-16/h3-6,12-14,17,22,25H,7-11,15H2,1-2H3. The van der Waals surface area contributed by atoms with Crippen LogP contribution in [0.4, 0.5) is 4.39 Å². The molecule has 0 amide bonds. The Morgan fingerprint density at radius 2 is 1.74 bits per heavy atom. The molecule has 1 aliphatic rings. The van der Waals surface area contributed by atoms with Crippen molar-refractivity contribution in [3.05, 3.63) is 59.4 Å². The molecular weight excluding hydrogens is 345 g/mol. The topological polar surface area (TPSA) is 41.9 Å². The Morgan fingerprint density at radius 1 is 1.07 bits per heavy atom. The van der Waals surface area contributed by atoms with Crippen molar-refractivity contribution in [2.45, 2.75) is 25.3 Å². The van der Waals surface area contributed by atoms with Gasteiger partial charge in [0.15, 0.2) is 0 Å². The third kappa shape index (κ3) is 4.99. The van der Waals surface area contributed by atoms with Crippen molar-refractivity contribution >= 4 is 0 Å². The molecule has 1 heterocycles. The number of hydrogen-bond acceptors (Lipinski definition) is 4. The zero-order chi connectivity index (χ0) is 19.2. The molecule has 2 atom stereocenters. The van der Waals surface area contributed by atoms with E-state index in [-0.39, 0.29) is 18.5 Å². The highest BCUT2D eigenvalue weighted by atomic mass is 19.1. The van der Waals surface area contributed by atoms with Crippen LogP contribution in [0.5, 0.6) is 11.5 Å². The fourth-order valence-corrected chi connectivity index (χ4v) is 3.81. The molecule has 2 aromatic rings. The zero-order valence-corrected chi connectivity index (χ0v) is 16.0. The fourth-order valence-electron chi connectivity index (χ4n) is 3.81. The molecule has 0 bridgehead atoms. The van der Waals surface area contributed by atoms with E-state index in [1.165, 1.54) is 12.1 Å². The minimum Gasteiger partial charge on any atom is -0.497 e. The van der Waals surface area contributed by atoms with Gasteiger partial charge < -0.3 is 14.6 Å². The lowest BCUT2D eigenvalue weighted by atomic mass is 9.87. The predicted octanol–water partition coefficient (Wildman–Crippen LogP) is 3.83. The maximum atomic E-state index is 13.1. The van der Waals surface area contributed by atoms with Crippen molar-refractivity contribution in [3.63, 3.8) is 0 Å². The van der Waals surface area contributed by atoms with Gasteiger partial charge in [0.2, 0.25) is 0 Å². The SMILES string of the molecule is COc1cc(OC)cc(C2CC(CO)CCN2CCc2ccc(F)cc2)c1. The Bertz CT molecular complexity index is 713. The lowest BCUT2D eigenvalue weighted by Gasteiger charge is -2.39. The molecule has 0 radical (unpaired) electrons. The lowest BCUT2D eigenvalue weighted by molar-refractivity contribution is 0.0810. The quantitative estimate of drug-likeness (QED) is 0.801. The summed E-state index contributed by atoms with van der Waals surface area (Å²) in [7, 11) is 3.31. The summed E-state index contributed by atoms with van der Waals surface area (Å²) < 4.78 is 24.0. The summed E-state index contributed by atoms with van der Waals surface area (Å²) in [5.41, 5.74) is 2.27. The van der Waals surface area contributed by atoms with Gasteiger partial charge in [0.05, 0.1) is 14.2 Å². The number of hydrogen-bond donors (Lipinski definition) is 1. The number of aliphatic hydroxyl groups is 1. The lowest BCUT2D eigenvalue weighted by Crippen LogP contribution is -2.39. The minimum absolute atomic E-state index is 0.195. The summed E-state index contributed by atoms with van der Waals surface area (Å²) in [4.78, 5) is 2.45. The molecule has 3 rings (SSSR count). The van der Waals surface area contributed by atoms with Crippen LogP contribution in [0.25, 0.3) is 0 Å². The van der Waals surface area contributed by atoms with Gasteiger partial charge in [-0.3, -0.25) is 4.90 Å². The van der Waals surface area contributed by atoms with Gasteiger partial charge in [0.25, 0.3) is 0 Å². The monoisotopic (exact) mass is 373 g/mol. The normalized spacial score (nSPS) is 20.4. The van der Waals surface area contributed by atoms with Crippen LogP contribution in [0.3, 0.4) is 0 Å². The second kappa shape index (κ2) is 9.20. The van der Waals surface area contributed by atoms with Gasteiger partial charge in [-0.2, -0.15) is 0 Å². The van der Waals surface area contributed by atoms with Crippen molar-refractivity contribution in [2.75, 3.05) is 33.9 Å². The second-order valence-electron chi connectivity index (χ2n) is 7.15. The Hall–Kier alpha value is -2.11. The van der Waals surface area contributed by atoms with Gasteiger partial charge in [-0.05, 0) is 67.1 Å². The number of halogens is 1. The minimum atomic E-state index is -0.205. The van der Waals surface area contributed by atoms with Gasteiger partial charge in [-0.15, -0.1) is 0 Å². The first-order valence-electron chi connectivity index (χ1n) is 9.45. The van der Waals surface area contributed by atoms with E-state index < -0.39 is 0 Å². The van der Waals surface area contributed by atoms with E-state index in [0.717, 1.165) is 55.0 Å². The summed E-state index contributed by atoms with van der Waals surface area (Å²) in [5, 5.41) is 9.67. The van der Waals surface area contributed by atoms with E-state index in [1.54, 1.807) is 14.2 Å². The molecule has 0 aromatic heterocycles. The molecule has 2 unspecified atom stereocenters. The van der Waals surface area contributed by atoms with Crippen molar-refractivity contribution in [1.29, 1.82) is 0 Å². The summed E-state index contributed by atoms with van der Waals surface area (Å²) in [6.07, 6.45) is 2.75. The third-order valence-corrected chi connectivity index (χ3v) is 5.44. The van der Waals surface area contributed by atoms with Crippen LogP contribution >= 0.6 is 0 Å². The van der Waals surface area contributed by atoms with Gasteiger partial charge in [-0.25, -0.2) is 4.39 Å². The maximum Gasteiger partial charge on any atom is 0.123 e. The first-order chi connectivity index (χ1) is 13.1. The Labute approximate surface area is 160 Å². The van der Waals surface area contributed by atoms with Crippen LogP contribution in [0.1, 0.15) is 30.0 Å². The van der Waals surface area contributed by atoms with Crippen molar-refractivity contribution in [3.8, 4) is 11.5 Å². The molecule has 1 N–H and O–H groups in total. The number of aliphatic hydroxyl groups excluding tert-OH is 1. The second-order valence-corrected chi connectivity index (χ2v) is 7.15. The number of benzene rings is 2. The number of piperidine rings is 1. The molecule has 0 spiro atoms. The van der Waals surface area contributed by atoms with Gasteiger partial charge in [0.1, 0.15) is 17.3 Å². The number of ether oxygens (including phenoxy) is 2. The molecule has 1 saturated heterocycles. The molecule has 0 saturated carbocycles. The molecule has 27 heavy (non-hydrogen) atoms. The summed E-state index contributed by atoms with van der Waals surface area (Å²) in [6, 6.07) is 12.9. The molecule has 0 aliphatic carbocycles. The van der Waals surface area contributed by atoms with E-state index in [2.05, 4.69) is 17.0 Å². The number of nitrogens with zero attached hydrogens (tertiary/aromatic N) is 1. The van der Waals surface area contributed by atoms with Crippen molar-refractivity contribution < 1.29 is 19.0 Å². The van der Waals surface area contributed by atoms with Crippen molar-refractivity contribution in [1.82, 2.24) is 4.90 Å². The maximum absolute atomic E-state index is 13.1. The van der Waals surface area contributed by atoms with Gasteiger partial charge >= 0.3 is 0 Å². The highest BCUT2D eigenvalue weighted by Crippen LogP contribution is 2.37. The van der Waals surface area contributed by atoms with E-state index in [9.17, 15) is 9.50 Å². The Kier molecular flexibility index (Phi) is 6.69. The van der Waals surface area contributed by atoms with Crippen LogP contribution in [-0.2, 0) is 6.42 Å². The average molecular weight is 373 g/mol. The summed E-state index contributed by atoms with van der Waals surface area (Å²) in [6.45, 7) is 2.02. The fraction of sp³-hybridized carbons (Fsp3) is 0.455. The molecular formula is C22H28FNO3. The van der Waals surface area contributed by atoms with Crippen LogP contribution in [0.2, 0.25) is 0 Å². The Morgan fingerprint density at radius 3 is 2.33 bits per heavy atom. The first-order valence-corrected chi connectivity index (χ1v) is 9.45. The first kappa shape index (κ1) is 19.6. The largest absolute Gasteiger partial charge is 0.497 e. The molecule has 4 nitrogen and oxygen atoms in total. The van der Waals surface area contributed by atoms with E-state index in [0.29, 0.717) is 5.92 Å². The molecule has 1 fully saturated rings. The van der Waals surface area contributed by atoms with Crippen LogP contribution in [0, 0.1) is 11.7 Å². The third-order valence-electron chi connectivity index (χ3n) is 5.44. The average Bonchev–Trinajstić information content (AvgIpc) is 2.72. The number of methoxy groups -OCH3 is 2. The molecule has 2 aromatic carbocycles. The van der Waals surface area contributed by atoms with Crippen LogP contribution in [0.15, 0.2) is 42.5 Å². The predicted molar refractivity (Wildman–Crippen MR) is 104 cm³/mol. The summed E-state index contributed by atoms with van der Waals surface area (Å²) >= 11 is 0. The van der Waals surface area contributed by atoms with E-state index in [4.69, 9.17) is 9.47 Å². The molecule has 146 valence electrons. The molecule has 1 aliphatic heterocycles. The highest BCUT2D eigenvalue weighted by molar-refractivity contribution is 5.40. The number of likely N-dealkylation sites (tertiary alicyclic amines) is 1. The van der Waals surface area contributed by atoms with Crippen molar-refractivity contribution in [2.24, 2.45) is 5.92 Å². The molecule has 5 heteroatoms. The summed E-state index contributed by atoms with van der Waals surface area (Å²) in [5.74, 6) is 1.64. The Balaban J connectivity index is 1.80. The van der Waals surface area contributed by atoms with Gasteiger partial charge in [0, 0.05) is 25.3 Å². The highest BCUT2D eigenvalue weighted by Gasteiger charge is 2.29. The van der Waals surface area contributed by atoms with Crippen LogP contribution < -0.4 is 9.47 Å². The zero-order valence-electron chi connectivity index (χ0n) is 16.0. The van der Waals surface area contributed by atoms with Crippen LogP contribution in [-0.4, -0.2) is 43.9 Å². The smallest absolute Gasteiger partial charge is 0.123 e. The van der Waals surface area contributed by atoms with Gasteiger partial charge in [-0.1, -0.05) is 12.1 Å². The van der Waals surface area contributed by atoms with E-state index in [1.807, 2.05) is 18.2 Å².